The first-order valence-electron chi connectivity index (χ1n) is 8.71. The quantitative estimate of drug-likeness (QED) is 0.754. The summed E-state index contributed by atoms with van der Waals surface area (Å²) in [6.45, 7) is 5.03. The SMILES string of the molecule is CCCN(CC(=O)Nc1ccccc1C)c1cc(Cl)nc(C2CC2)n1. The molecule has 0 spiro atoms. The van der Waals surface area contributed by atoms with Crippen LogP contribution in [0.1, 0.15) is 43.5 Å². The van der Waals surface area contributed by atoms with Crippen molar-refractivity contribution in [2.24, 2.45) is 0 Å². The van der Waals surface area contributed by atoms with E-state index in [4.69, 9.17) is 11.6 Å². The Morgan fingerprint density at radius 2 is 2.08 bits per heavy atom. The number of halogens is 1. The summed E-state index contributed by atoms with van der Waals surface area (Å²) >= 11 is 6.17. The smallest absolute Gasteiger partial charge is 0.243 e. The molecule has 1 aliphatic carbocycles. The van der Waals surface area contributed by atoms with Crippen LogP contribution in [0.2, 0.25) is 5.15 Å². The Morgan fingerprint density at radius 1 is 1.32 bits per heavy atom. The Morgan fingerprint density at radius 3 is 2.76 bits per heavy atom. The summed E-state index contributed by atoms with van der Waals surface area (Å²) in [6.07, 6.45) is 3.14. The normalized spacial score (nSPS) is 13.6. The van der Waals surface area contributed by atoms with E-state index in [2.05, 4.69) is 22.2 Å². The molecule has 1 aromatic carbocycles. The maximum atomic E-state index is 12.5. The predicted octanol–water partition coefficient (Wildman–Crippen LogP) is 4.17. The molecule has 1 aromatic heterocycles. The van der Waals surface area contributed by atoms with Gasteiger partial charge in [0.2, 0.25) is 5.91 Å². The molecule has 0 bridgehead atoms. The minimum Gasteiger partial charge on any atom is -0.347 e. The van der Waals surface area contributed by atoms with Gasteiger partial charge in [-0.25, -0.2) is 9.97 Å². The lowest BCUT2D eigenvalue weighted by Gasteiger charge is -2.23. The lowest BCUT2D eigenvalue weighted by Crippen LogP contribution is -2.34. The number of nitrogens with one attached hydrogen (secondary N) is 1. The third kappa shape index (κ3) is 4.69. The second kappa shape index (κ2) is 7.83. The molecule has 6 heteroatoms. The molecule has 0 aliphatic heterocycles. The number of benzene rings is 1. The molecule has 1 N–H and O–H groups in total. The van der Waals surface area contributed by atoms with Crippen molar-refractivity contribution < 1.29 is 4.79 Å². The molecule has 0 atom stereocenters. The average molecular weight is 359 g/mol. The number of para-hydroxylation sites is 1. The Kier molecular flexibility index (Phi) is 5.53. The number of aryl methyl sites for hydroxylation is 1. The van der Waals surface area contributed by atoms with Gasteiger partial charge in [-0.3, -0.25) is 4.79 Å². The van der Waals surface area contributed by atoms with Crippen molar-refractivity contribution in [1.29, 1.82) is 0 Å². The van der Waals surface area contributed by atoms with Gasteiger partial charge in [0, 0.05) is 24.2 Å². The first kappa shape index (κ1) is 17.7. The molecular formula is C19H23ClN4O. The Bertz CT molecular complexity index is 761. The minimum absolute atomic E-state index is 0.0644. The van der Waals surface area contributed by atoms with Crippen LogP contribution in [0.25, 0.3) is 0 Å². The molecular weight excluding hydrogens is 336 g/mol. The van der Waals surface area contributed by atoms with Crippen molar-refractivity contribution in [3.05, 3.63) is 46.9 Å². The lowest BCUT2D eigenvalue weighted by molar-refractivity contribution is -0.115. The molecule has 1 aliphatic rings. The largest absolute Gasteiger partial charge is 0.347 e. The number of rotatable bonds is 7. The van der Waals surface area contributed by atoms with Crippen LogP contribution in [0.5, 0.6) is 0 Å². The zero-order valence-corrected chi connectivity index (χ0v) is 15.4. The van der Waals surface area contributed by atoms with Crippen LogP contribution in [-0.4, -0.2) is 29.0 Å². The maximum Gasteiger partial charge on any atom is 0.243 e. The molecule has 1 heterocycles. The van der Waals surface area contributed by atoms with Crippen molar-refractivity contribution >= 4 is 29.0 Å². The molecule has 0 radical (unpaired) electrons. The van der Waals surface area contributed by atoms with Crippen LogP contribution in [0.3, 0.4) is 0 Å². The van der Waals surface area contributed by atoms with Gasteiger partial charge < -0.3 is 10.2 Å². The van der Waals surface area contributed by atoms with Crippen molar-refractivity contribution in [3.63, 3.8) is 0 Å². The highest BCUT2D eigenvalue weighted by atomic mass is 35.5. The van der Waals surface area contributed by atoms with Gasteiger partial charge in [0.1, 0.15) is 16.8 Å². The average Bonchev–Trinajstić information content (AvgIpc) is 3.41. The summed E-state index contributed by atoms with van der Waals surface area (Å²) in [5.74, 6) is 1.87. The zero-order valence-electron chi connectivity index (χ0n) is 14.6. The van der Waals surface area contributed by atoms with E-state index in [1.807, 2.05) is 36.1 Å². The topological polar surface area (TPSA) is 58.1 Å². The number of carbonyl (C=O) groups is 1. The number of aromatic nitrogens is 2. The standard InChI is InChI=1S/C19H23ClN4O/c1-3-10-24(12-18(25)21-15-7-5-4-6-13(15)2)17-11-16(20)22-19(23-17)14-8-9-14/h4-7,11,14H,3,8-10,12H2,1-2H3,(H,21,25). The molecule has 1 amide bonds. The molecule has 132 valence electrons. The Labute approximate surface area is 153 Å². The number of amides is 1. The third-order valence-electron chi connectivity index (χ3n) is 4.21. The molecule has 3 rings (SSSR count). The van der Waals surface area contributed by atoms with Gasteiger partial charge in [-0.1, -0.05) is 36.7 Å². The van der Waals surface area contributed by atoms with Gasteiger partial charge in [-0.05, 0) is 37.8 Å². The Hall–Kier alpha value is -2.14. The third-order valence-corrected chi connectivity index (χ3v) is 4.41. The summed E-state index contributed by atoms with van der Waals surface area (Å²) < 4.78 is 0. The Balaban J connectivity index is 1.75. The monoisotopic (exact) mass is 358 g/mol. The van der Waals surface area contributed by atoms with Gasteiger partial charge >= 0.3 is 0 Å². The van der Waals surface area contributed by atoms with Crippen LogP contribution in [0, 0.1) is 6.92 Å². The van der Waals surface area contributed by atoms with Crippen LogP contribution < -0.4 is 10.2 Å². The number of nitrogens with zero attached hydrogens (tertiary/aromatic N) is 3. The van der Waals surface area contributed by atoms with Gasteiger partial charge in [0.25, 0.3) is 0 Å². The van der Waals surface area contributed by atoms with Crippen LogP contribution in [-0.2, 0) is 4.79 Å². The van der Waals surface area contributed by atoms with E-state index < -0.39 is 0 Å². The van der Waals surface area contributed by atoms with Gasteiger partial charge in [-0.2, -0.15) is 0 Å². The van der Waals surface area contributed by atoms with Gasteiger partial charge in [-0.15, -0.1) is 0 Å². The van der Waals surface area contributed by atoms with Crippen molar-refractivity contribution in [1.82, 2.24) is 9.97 Å². The first-order chi connectivity index (χ1) is 12.1. The number of hydrogen-bond acceptors (Lipinski definition) is 4. The fourth-order valence-corrected chi connectivity index (χ4v) is 2.91. The van der Waals surface area contributed by atoms with Gasteiger partial charge in [0.15, 0.2) is 0 Å². The molecule has 1 fully saturated rings. The van der Waals surface area contributed by atoms with Crippen molar-refractivity contribution in [3.8, 4) is 0 Å². The molecule has 0 unspecified atom stereocenters. The van der Waals surface area contributed by atoms with Crippen molar-refractivity contribution in [2.45, 2.75) is 39.0 Å². The van der Waals surface area contributed by atoms with E-state index in [1.165, 1.54) is 0 Å². The van der Waals surface area contributed by atoms with Crippen LogP contribution in [0.4, 0.5) is 11.5 Å². The van der Waals surface area contributed by atoms with E-state index >= 15 is 0 Å². The van der Waals surface area contributed by atoms with Crippen molar-refractivity contribution in [2.75, 3.05) is 23.3 Å². The van der Waals surface area contributed by atoms with E-state index in [0.29, 0.717) is 11.1 Å². The molecule has 0 saturated heterocycles. The predicted molar refractivity (Wildman–Crippen MR) is 101 cm³/mol. The van der Waals surface area contributed by atoms with Gasteiger partial charge in [0.05, 0.1) is 6.54 Å². The van der Waals surface area contributed by atoms with Crippen LogP contribution in [0.15, 0.2) is 30.3 Å². The summed E-state index contributed by atoms with van der Waals surface area (Å²) in [4.78, 5) is 23.4. The maximum absolute atomic E-state index is 12.5. The second-order valence-corrected chi connectivity index (χ2v) is 6.85. The minimum atomic E-state index is -0.0644. The van der Waals surface area contributed by atoms with E-state index in [-0.39, 0.29) is 12.5 Å². The lowest BCUT2D eigenvalue weighted by atomic mass is 10.2. The number of anilines is 2. The highest BCUT2D eigenvalue weighted by Gasteiger charge is 2.28. The fraction of sp³-hybridized carbons (Fsp3) is 0.421. The first-order valence-corrected chi connectivity index (χ1v) is 9.09. The van der Waals surface area contributed by atoms with E-state index in [1.54, 1.807) is 6.07 Å². The fourth-order valence-electron chi connectivity index (χ4n) is 2.73. The van der Waals surface area contributed by atoms with Crippen LogP contribution >= 0.6 is 11.6 Å². The molecule has 25 heavy (non-hydrogen) atoms. The highest BCUT2D eigenvalue weighted by molar-refractivity contribution is 6.29. The number of hydrogen-bond donors (Lipinski definition) is 1. The van der Waals surface area contributed by atoms with E-state index in [0.717, 1.165) is 48.7 Å². The molecule has 1 saturated carbocycles. The summed E-state index contributed by atoms with van der Waals surface area (Å²) in [5.41, 5.74) is 1.88. The summed E-state index contributed by atoms with van der Waals surface area (Å²) in [6, 6.07) is 9.50. The molecule has 5 nitrogen and oxygen atoms in total. The number of carbonyl (C=O) groups excluding carboxylic acids is 1. The highest BCUT2D eigenvalue weighted by Crippen LogP contribution is 2.39. The molecule has 2 aromatic rings. The summed E-state index contributed by atoms with van der Waals surface area (Å²) in [5, 5.41) is 3.41. The second-order valence-electron chi connectivity index (χ2n) is 6.47. The van der Waals surface area contributed by atoms with E-state index in [9.17, 15) is 4.79 Å². The summed E-state index contributed by atoms with van der Waals surface area (Å²) in [7, 11) is 0. The zero-order chi connectivity index (χ0) is 17.8.